The fourth-order valence-electron chi connectivity index (χ4n) is 2.97. The van der Waals surface area contributed by atoms with Gasteiger partial charge in [0, 0.05) is 25.2 Å². The van der Waals surface area contributed by atoms with Crippen molar-refractivity contribution in [2.24, 2.45) is 0 Å². The molecule has 1 fully saturated rings. The Bertz CT molecular complexity index is 649. The molecule has 1 aliphatic rings. The quantitative estimate of drug-likeness (QED) is 0.824. The summed E-state index contributed by atoms with van der Waals surface area (Å²) in [5.74, 6) is -0.372. The van der Waals surface area contributed by atoms with E-state index in [2.05, 4.69) is 27.2 Å². The van der Waals surface area contributed by atoms with Crippen molar-refractivity contribution in [1.82, 2.24) is 15.1 Å². The first-order chi connectivity index (χ1) is 11.8. The number of aromatic amines is 1. The van der Waals surface area contributed by atoms with Crippen LogP contribution < -0.4 is 0 Å². The predicted octanol–water partition coefficient (Wildman–Crippen LogP) is 2.38. The number of aromatic nitrogens is 2. The van der Waals surface area contributed by atoms with Crippen LogP contribution in [-0.2, 0) is 22.6 Å². The molecule has 3 rings (SSSR count). The van der Waals surface area contributed by atoms with Crippen LogP contribution in [0, 0.1) is 0 Å². The highest BCUT2D eigenvalue weighted by molar-refractivity contribution is 5.88. The largest absolute Gasteiger partial charge is 0.464 e. The maximum Gasteiger partial charge on any atom is 0.356 e. The number of carbonyl (C=O) groups is 1. The molecule has 0 radical (unpaired) electrons. The summed E-state index contributed by atoms with van der Waals surface area (Å²) in [7, 11) is 1.38. The van der Waals surface area contributed by atoms with Crippen molar-refractivity contribution in [3.8, 4) is 0 Å². The first kappa shape index (κ1) is 16.7. The van der Waals surface area contributed by atoms with Crippen LogP contribution in [0.2, 0.25) is 0 Å². The fraction of sp³-hybridized carbons (Fsp3) is 0.444. The molecule has 6 heteroatoms. The van der Waals surface area contributed by atoms with Crippen LogP contribution in [0.25, 0.3) is 0 Å². The minimum absolute atomic E-state index is 0.297. The Morgan fingerprint density at radius 1 is 1.29 bits per heavy atom. The van der Waals surface area contributed by atoms with Gasteiger partial charge in [-0.1, -0.05) is 30.3 Å². The van der Waals surface area contributed by atoms with Crippen molar-refractivity contribution in [1.29, 1.82) is 0 Å². The van der Waals surface area contributed by atoms with Crippen molar-refractivity contribution in [2.45, 2.75) is 32.1 Å². The first-order valence-electron chi connectivity index (χ1n) is 8.24. The van der Waals surface area contributed by atoms with E-state index in [1.165, 1.54) is 12.7 Å². The molecular formula is C18H23N3O3. The van der Waals surface area contributed by atoms with Gasteiger partial charge in [-0.2, -0.15) is 5.10 Å². The summed E-state index contributed by atoms with van der Waals surface area (Å²) in [4.78, 5) is 14.0. The van der Waals surface area contributed by atoms with E-state index >= 15 is 0 Å². The van der Waals surface area contributed by atoms with Crippen molar-refractivity contribution in [3.63, 3.8) is 0 Å². The smallest absolute Gasteiger partial charge is 0.356 e. The lowest BCUT2D eigenvalue weighted by molar-refractivity contribution is -0.00402. The second-order valence-corrected chi connectivity index (χ2v) is 6.03. The van der Waals surface area contributed by atoms with Gasteiger partial charge < -0.3 is 9.47 Å². The van der Waals surface area contributed by atoms with E-state index in [1.54, 1.807) is 6.20 Å². The molecule has 1 aliphatic heterocycles. The van der Waals surface area contributed by atoms with Crippen LogP contribution in [-0.4, -0.2) is 47.4 Å². The number of H-pyrrole nitrogens is 1. The topological polar surface area (TPSA) is 67.5 Å². The summed E-state index contributed by atoms with van der Waals surface area (Å²) in [5.41, 5.74) is 2.53. The number of hydrogen-bond acceptors (Lipinski definition) is 5. The number of esters is 1. The SMILES string of the molecule is COC(=O)c1[nH]ncc1CN1CCC(OCc2ccccc2)CC1. The van der Waals surface area contributed by atoms with Crippen LogP contribution in [0.3, 0.4) is 0 Å². The Hall–Kier alpha value is -2.18. The number of carbonyl (C=O) groups excluding carboxylic acids is 1. The zero-order chi connectivity index (χ0) is 16.8. The van der Waals surface area contributed by atoms with Crippen molar-refractivity contribution in [3.05, 3.63) is 53.3 Å². The minimum Gasteiger partial charge on any atom is -0.464 e. The molecular weight excluding hydrogens is 306 g/mol. The van der Waals surface area contributed by atoms with E-state index in [0.717, 1.165) is 31.5 Å². The van der Waals surface area contributed by atoms with Gasteiger partial charge in [-0.05, 0) is 18.4 Å². The Kier molecular flexibility index (Phi) is 5.61. The van der Waals surface area contributed by atoms with Gasteiger partial charge in [0.05, 0.1) is 26.0 Å². The number of rotatable bonds is 6. The molecule has 1 aromatic heterocycles. The van der Waals surface area contributed by atoms with Crippen molar-refractivity contribution in [2.75, 3.05) is 20.2 Å². The molecule has 24 heavy (non-hydrogen) atoms. The summed E-state index contributed by atoms with van der Waals surface area (Å²) < 4.78 is 10.8. The van der Waals surface area contributed by atoms with Crippen LogP contribution >= 0.6 is 0 Å². The summed E-state index contributed by atoms with van der Waals surface area (Å²) in [5, 5.41) is 6.67. The highest BCUT2D eigenvalue weighted by Crippen LogP contribution is 2.18. The van der Waals surface area contributed by atoms with Crippen molar-refractivity contribution >= 4 is 5.97 Å². The molecule has 0 spiro atoms. The van der Waals surface area contributed by atoms with Crippen LogP contribution in [0.1, 0.15) is 34.5 Å². The second kappa shape index (κ2) is 8.08. The van der Waals surface area contributed by atoms with Gasteiger partial charge in [0.25, 0.3) is 0 Å². The molecule has 1 N–H and O–H groups in total. The standard InChI is InChI=1S/C18H23N3O3/c1-23-18(22)17-15(11-19-20-17)12-21-9-7-16(8-10-21)24-13-14-5-3-2-4-6-14/h2-6,11,16H,7-10,12-13H2,1H3,(H,19,20). The monoisotopic (exact) mass is 329 g/mol. The summed E-state index contributed by atoms with van der Waals surface area (Å²) >= 11 is 0. The molecule has 1 aromatic carbocycles. The molecule has 2 heterocycles. The van der Waals surface area contributed by atoms with E-state index in [9.17, 15) is 4.79 Å². The van der Waals surface area contributed by atoms with Crippen molar-refractivity contribution < 1.29 is 14.3 Å². The zero-order valence-corrected chi connectivity index (χ0v) is 13.9. The molecule has 0 saturated carbocycles. The molecule has 128 valence electrons. The zero-order valence-electron chi connectivity index (χ0n) is 13.9. The highest BCUT2D eigenvalue weighted by Gasteiger charge is 2.22. The number of likely N-dealkylation sites (tertiary alicyclic amines) is 1. The lowest BCUT2D eigenvalue weighted by Crippen LogP contribution is -2.36. The molecule has 2 aromatic rings. The van der Waals surface area contributed by atoms with E-state index in [-0.39, 0.29) is 5.97 Å². The van der Waals surface area contributed by atoms with E-state index < -0.39 is 0 Å². The third-order valence-corrected chi connectivity index (χ3v) is 4.36. The molecule has 6 nitrogen and oxygen atoms in total. The number of nitrogens with zero attached hydrogens (tertiary/aromatic N) is 2. The lowest BCUT2D eigenvalue weighted by Gasteiger charge is -2.31. The average molecular weight is 329 g/mol. The molecule has 0 bridgehead atoms. The van der Waals surface area contributed by atoms with Gasteiger partial charge >= 0.3 is 5.97 Å². The number of benzene rings is 1. The first-order valence-corrected chi connectivity index (χ1v) is 8.24. The van der Waals surface area contributed by atoms with E-state index in [0.29, 0.717) is 24.9 Å². The molecule has 0 unspecified atom stereocenters. The molecule has 1 saturated heterocycles. The molecule has 0 atom stereocenters. The van der Waals surface area contributed by atoms with Gasteiger partial charge in [0.1, 0.15) is 5.69 Å². The summed E-state index contributed by atoms with van der Waals surface area (Å²) in [6.45, 7) is 3.27. The molecule has 0 amide bonds. The number of nitrogens with one attached hydrogen (secondary N) is 1. The minimum atomic E-state index is -0.372. The van der Waals surface area contributed by atoms with Gasteiger partial charge in [-0.3, -0.25) is 10.00 Å². The van der Waals surface area contributed by atoms with E-state index in [4.69, 9.17) is 9.47 Å². The van der Waals surface area contributed by atoms with Crippen LogP contribution in [0.15, 0.2) is 36.5 Å². The Morgan fingerprint density at radius 2 is 2.04 bits per heavy atom. The number of ether oxygens (including phenoxy) is 2. The maximum absolute atomic E-state index is 11.7. The number of piperidine rings is 1. The Balaban J connectivity index is 1.45. The third-order valence-electron chi connectivity index (χ3n) is 4.36. The van der Waals surface area contributed by atoms with E-state index in [1.807, 2.05) is 18.2 Å². The predicted molar refractivity (Wildman–Crippen MR) is 89.5 cm³/mol. The summed E-state index contributed by atoms with van der Waals surface area (Å²) in [6, 6.07) is 10.3. The third kappa shape index (κ3) is 4.21. The van der Waals surface area contributed by atoms with Gasteiger partial charge in [0.15, 0.2) is 0 Å². The Morgan fingerprint density at radius 3 is 2.75 bits per heavy atom. The highest BCUT2D eigenvalue weighted by atomic mass is 16.5. The average Bonchev–Trinajstić information content (AvgIpc) is 3.09. The van der Waals surface area contributed by atoms with Gasteiger partial charge in [-0.15, -0.1) is 0 Å². The molecule has 0 aliphatic carbocycles. The number of methoxy groups -OCH3 is 1. The number of hydrogen-bond donors (Lipinski definition) is 1. The van der Waals surface area contributed by atoms with Crippen LogP contribution in [0.4, 0.5) is 0 Å². The van der Waals surface area contributed by atoms with Gasteiger partial charge in [-0.25, -0.2) is 4.79 Å². The lowest BCUT2D eigenvalue weighted by atomic mass is 10.1. The van der Waals surface area contributed by atoms with Gasteiger partial charge in [0.2, 0.25) is 0 Å². The normalized spacial score (nSPS) is 16.2. The summed E-state index contributed by atoms with van der Waals surface area (Å²) in [6.07, 6.45) is 3.99. The fourth-order valence-corrected chi connectivity index (χ4v) is 2.97. The Labute approximate surface area is 141 Å². The van der Waals surface area contributed by atoms with Crippen LogP contribution in [0.5, 0.6) is 0 Å². The maximum atomic E-state index is 11.7. The second-order valence-electron chi connectivity index (χ2n) is 6.03.